The first-order valence-electron chi connectivity index (χ1n) is 6.27. The first-order valence-corrected chi connectivity index (χ1v) is 6.27. The Kier molecular flexibility index (Phi) is 4.19. The molecule has 18 heavy (non-hydrogen) atoms. The van der Waals surface area contributed by atoms with Gasteiger partial charge in [0.05, 0.1) is 12.0 Å². The zero-order valence-corrected chi connectivity index (χ0v) is 10.3. The molecule has 1 amide bonds. The van der Waals surface area contributed by atoms with Gasteiger partial charge in [0.2, 0.25) is 5.91 Å². The minimum absolute atomic E-state index is 0.0121. The number of carbonyl (C=O) groups is 1. The van der Waals surface area contributed by atoms with E-state index in [0.717, 1.165) is 18.5 Å². The molecular weight excluding hydrogens is 226 g/mol. The van der Waals surface area contributed by atoms with Crippen molar-refractivity contribution in [2.24, 2.45) is 5.92 Å². The highest BCUT2D eigenvalue weighted by Gasteiger charge is 2.23. The minimum Gasteiger partial charge on any atom is -0.384 e. The van der Waals surface area contributed by atoms with E-state index < -0.39 is 0 Å². The molecule has 0 spiro atoms. The third kappa shape index (κ3) is 3.01. The van der Waals surface area contributed by atoms with Crippen molar-refractivity contribution < 1.29 is 4.79 Å². The van der Waals surface area contributed by atoms with Crippen LogP contribution < -0.4 is 10.6 Å². The van der Waals surface area contributed by atoms with E-state index in [0.29, 0.717) is 19.5 Å². The zero-order valence-electron chi connectivity index (χ0n) is 10.3. The summed E-state index contributed by atoms with van der Waals surface area (Å²) in [6.07, 6.45) is 2.00. The zero-order chi connectivity index (χ0) is 12.8. The van der Waals surface area contributed by atoms with E-state index >= 15 is 0 Å². The number of nitriles is 1. The van der Waals surface area contributed by atoms with E-state index in [1.54, 1.807) is 0 Å². The Morgan fingerprint density at radius 3 is 3.17 bits per heavy atom. The summed E-state index contributed by atoms with van der Waals surface area (Å²) in [6.45, 7) is 1.27. The Balaban J connectivity index is 1.85. The van der Waals surface area contributed by atoms with E-state index in [2.05, 4.69) is 22.8 Å². The molecule has 1 aliphatic rings. The average molecular weight is 243 g/mol. The van der Waals surface area contributed by atoms with E-state index in [1.807, 2.05) is 18.2 Å². The van der Waals surface area contributed by atoms with Crippen molar-refractivity contribution in [2.45, 2.75) is 19.3 Å². The number of carbonyl (C=O) groups excluding carboxylic acids is 1. The number of rotatable bonds is 4. The molecule has 2 N–H and O–H groups in total. The van der Waals surface area contributed by atoms with Crippen LogP contribution >= 0.6 is 0 Å². The molecule has 1 heterocycles. The largest absolute Gasteiger partial charge is 0.384 e. The van der Waals surface area contributed by atoms with Crippen LogP contribution in [0.4, 0.5) is 5.69 Å². The summed E-state index contributed by atoms with van der Waals surface area (Å²) in [6, 6.07) is 10.1. The van der Waals surface area contributed by atoms with Crippen molar-refractivity contribution >= 4 is 11.6 Å². The molecule has 1 aliphatic heterocycles. The molecule has 4 nitrogen and oxygen atoms in total. The van der Waals surface area contributed by atoms with Crippen LogP contribution in [-0.4, -0.2) is 19.0 Å². The number of hydrogen-bond acceptors (Lipinski definition) is 3. The van der Waals surface area contributed by atoms with Crippen molar-refractivity contribution in [3.05, 3.63) is 29.8 Å². The van der Waals surface area contributed by atoms with Gasteiger partial charge in [0, 0.05) is 25.2 Å². The number of anilines is 1. The fourth-order valence-corrected chi connectivity index (χ4v) is 2.15. The quantitative estimate of drug-likeness (QED) is 0.791. The third-order valence-corrected chi connectivity index (χ3v) is 3.16. The highest BCUT2D eigenvalue weighted by Crippen LogP contribution is 2.24. The van der Waals surface area contributed by atoms with Gasteiger partial charge in [-0.3, -0.25) is 4.79 Å². The van der Waals surface area contributed by atoms with E-state index in [9.17, 15) is 4.79 Å². The molecule has 0 radical (unpaired) electrons. The Bertz CT molecular complexity index is 464. The lowest BCUT2D eigenvalue weighted by molar-refractivity contribution is -0.124. The standard InChI is InChI=1S/C14H17N3O/c15-7-3-4-8-16-14(18)12-9-11-5-1-2-6-13(11)17-10-12/h1-2,5-6,12,17H,3-4,8-10H2,(H,16,18). The van der Waals surface area contributed by atoms with Gasteiger partial charge in [-0.1, -0.05) is 18.2 Å². The number of para-hydroxylation sites is 1. The highest BCUT2D eigenvalue weighted by atomic mass is 16.1. The number of benzene rings is 1. The van der Waals surface area contributed by atoms with E-state index in [-0.39, 0.29) is 11.8 Å². The molecule has 1 atom stereocenters. The summed E-state index contributed by atoms with van der Waals surface area (Å²) in [5.41, 5.74) is 2.33. The summed E-state index contributed by atoms with van der Waals surface area (Å²) in [7, 11) is 0. The SMILES string of the molecule is N#CCCCNC(=O)C1CNc2ccccc2C1. The highest BCUT2D eigenvalue weighted by molar-refractivity contribution is 5.80. The van der Waals surface area contributed by atoms with Gasteiger partial charge in [-0.05, 0) is 24.5 Å². The van der Waals surface area contributed by atoms with Gasteiger partial charge in [-0.2, -0.15) is 5.26 Å². The normalized spacial score (nSPS) is 17.2. The van der Waals surface area contributed by atoms with Crippen LogP contribution in [0.3, 0.4) is 0 Å². The Morgan fingerprint density at radius 2 is 2.33 bits per heavy atom. The Hall–Kier alpha value is -2.02. The molecule has 0 bridgehead atoms. The van der Waals surface area contributed by atoms with Crippen LogP contribution in [0.25, 0.3) is 0 Å². The van der Waals surface area contributed by atoms with Crippen molar-refractivity contribution in [3.8, 4) is 6.07 Å². The number of nitrogens with zero attached hydrogens (tertiary/aromatic N) is 1. The molecule has 0 saturated heterocycles. The lowest BCUT2D eigenvalue weighted by Gasteiger charge is -2.25. The smallest absolute Gasteiger partial charge is 0.225 e. The summed E-state index contributed by atoms with van der Waals surface area (Å²) in [5.74, 6) is 0.0666. The topological polar surface area (TPSA) is 64.9 Å². The van der Waals surface area contributed by atoms with Crippen molar-refractivity contribution in [1.29, 1.82) is 5.26 Å². The minimum atomic E-state index is -0.0121. The molecule has 0 saturated carbocycles. The summed E-state index contributed by atoms with van der Waals surface area (Å²) in [4.78, 5) is 11.9. The molecule has 0 aromatic heterocycles. The van der Waals surface area contributed by atoms with Gasteiger partial charge in [-0.25, -0.2) is 0 Å². The van der Waals surface area contributed by atoms with Crippen LogP contribution in [-0.2, 0) is 11.2 Å². The van der Waals surface area contributed by atoms with Crippen LogP contribution in [0.15, 0.2) is 24.3 Å². The lowest BCUT2D eigenvalue weighted by Crippen LogP contribution is -2.38. The fourth-order valence-electron chi connectivity index (χ4n) is 2.15. The first kappa shape index (κ1) is 12.4. The van der Waals surface area contributed by atoms with Gasteiger partial charge in [-0.15, -0.1) is 0 Å². The molecule has 0 aliphatic carbocycles. The van der Waals surface area contributed by atoms with Crippen molar-refractivity contribution in [2.75, 3.05) is 18.4 Å². The number of fused-ring (bicyclic) bond motifs is 1. The molecule has 1 aromatic carbocycles. The van der Waals surface area contributed by atoms with Gasteiger partial charge >= 0.3 is 0 Å². The van der Waals surface area contributed by atoms with E-state index in [1.165, 1.54) is 5.56 Å². The van der Waals surface area contributed by atoms with Crippen LogP contribution in [0.1, 0.15) is 18.4 Å². The molecule has 0 fully saturated rings. The second kappa shape index (κ2) is 6.06. The van der Waals surface area contributed by atoms with Crippen LogP contribution in [0, 0.1) is 17.2 Å². The van der Waals surface area contributed by atoms with Gasteiger partial charge < -0.3 is 10.6 Å². The summed E-state index contributed by atoms with van der Waals surface area (Å²) >= 11 is 0. The first-order chi connectivity index (χ1) is 8.81. The summed E-state index contributed by atoms with van der Waals surface area (Å²) < 4.78 is 0. The Morgan fingerprint density at radius 1 is 1.50 bits per heavy atom. The number of amides is 1. The third-order valence-electron chi connectivity index (χ3n) is 3.16. The predicted molar refractivity (Wildman–Crippen MR) is 70.0 cm³/mol. The van der Waals surface area contributed by atoms with Crippen LogP contribution in [0.5, 0.6) is 0 Å². The van der Waals surface area contributed by atoms with Crippen LogP contribution in [0.2, 0.25) is 0 Å². The number of hydrogen-bond donors (Lipinski definition) is 2. The van der Waals surface area contributed by atoms with Gasteiger partial charge in [0.1, 0.15) is 0 Å². The molecule has 4 heteroatoms. The predicted octanol–water partition coefficient (Wildman–Crippen LogP) is 1.69. The molecule has 1 unspecified atom stereocenters. The lowest BCUT2D eigenvalue weighted by atomic mass is 9.93. The number of unbranched alkanes of at least 4 members (excludes halogenated alkanes) is 1. The molecule has 1 aromatic rings. The van der Waals surface area contributed by atoms with Crippen molar-refractivity contribution in [3.63, 3.8) is 0 Å². The van der Waals surface area contributed by atoms with Crippen molar-refractivity contribution in [1.82, 2.24) is 5.32 Å². The maximum absolute atomic E-state index is 11.9. The number of nitrogens with one attached hydrogen (secondary N) is 2. The molecular formula is C14H17N3O. The second-order valence-electron chi connectivity index (χ2n) is 4.49. The van der Waals surface area contributed by atoms with Gasteiger partial charge in [0.25, 0.3) is 0 Å². The average Bonchev–Trinajstić information content (AvgIpc) is 2.43. The fraction of sp³-hybridized carbons (Fsp3) is 0.429. The maximum Gasteiger partial charge on any atom is 0.225 e. The van der Waals surface area contributed by atoms with E-state index in [4.69, 9.17) is 5.26 Å². The maximum atomic E-state index is 11.9. The second-order valence-corrected chi connectivity index (χ2v) is 4.49. The monoisotopic (exact) mass is 243 g/mol. The Labute approximate surface area is 107 Å². The van der Waals surface area contributed by atoms with Gasteiger partial charge in [0.15, 0.2) is 0 Å². The molecule has 2 rings (SSSR count). The molecule has 94 valence electrons. The summed E-state index contributed by atoms with van der Waals surface area (Å²) in [5, 5.41) is 14.6.